The van der Waals surface area contributed by atoms with E-state index >= 15 is 0 Å². The molecule has 0 aliphatic carbocycles. The zero-order chi connectivity index (χ0) is 36.1. The minimum absolute atomic E-state index is 0.0615. The zero-order valence-corrected chi connectivity index (χ0v) is 30.6. The summed E-state index contributed by atoms with van der Waals surface area (Å²) in [7, 11) is 3.10. The first-order valence-corrected chi connectivity index (χ1v) is 17.9. The van der Waals surface area contributed by atoms with Crippen molar-refractivity contribution in [1.82, 2.24) is 25.4 Å². The predicted octanol–water partition coefficient (Wildman–Crippen LogP) is 5.06. The van der Waals surface area contributed by atoms with E-state index in [2.05, 4.69) is 29.5 Å². The maximum atomic E-state index is 14.1. The fourth-order valence-corrected chi connectivity index (χ4v) is 7.46. The molecule has 1 aromatic heterocycles. The van der Waals surface area contributed by atoms with Gasteiger partial charge in [-0.05, 0) is 73.9 Å². The Hall–Kier alpha value is -4.25. The van der Waals surface area contributed by atoms with Crippen LogP contribution in [0.3, 0.4) is 0 Å². The number of carbonyl (C=O) groups is 4. The lowest BCUT2D eigenvalue weighted by Gasteiger charge is -2.40. The molecule has 3 aromatic rings. The van der Waals surface area contributed by atoms with Gasteiger partial charge in [-0.1, -0.05) is 44.4 Å². The van der Waals surface area contributed by atoms with Gasteiger partial charge in [-0.2, -0.15) is 0 Å². The van der Waals surface area contributed by atoms with E-state index in [1.807, 2.05) is 32.2 Å². The lowest BCUT2D eigenvalue weighted by Crippen LogP contribution is -2.56. The van der Waals surface area contributed by atoms with Crippen LogP contribution in [0.15, 0.2) is 42.6 Å². The molecule has 11 nitrogen and oxygen atoms in total. The van der Waals surface area contributed by atoms with Gasteiger partial charge in [0.25, 0.3) is 5.91 Å². The number of likely N-dealkylation sites (tertiary alicyclic amines) is 2. The van der Waals surface area contributed by atoms with Crippen LogP contribution in [0.5, 0.6) is 11.5 Å². The van der Waals surface area contributed by atoms with Crippen LogP contribution in [-0.4, -0.2) is 90.9 Å². The van der Waals surface area contributed by atoms with E-state index in [4.69, 9.17) is 21.1 Å². The van der Waals surface area contributed by atoms with Crippen molar-refractivity contribution in [3.05, 3.63) is 58.7 Å². The first-order chi connectivity index (χ1) is 23.9. The number of fused-ring (bicyclic) bond motifs is 2. The molecule has 5 rings (SSSR count). The second-order valence-corrected chi connectivity index (χ2v) is 14.7. The second-order valence-electron chi connectivity index (χ2n) is 14.3. The van der Waals surface area contributed by atoms with Crippen LogP contribution in [0.25, 0.3) is 10.9 Å². The third-order valence-electron chi connectivity index (χ3n) is 9.86. The number of hydrogen-bond donors (Lipinski definition) is 3. The van der Waals surface area contributed by atoms with Gasteiger partial charge in [-0.3, -0.25) is 19.2 Å². The number of H-pyrrole nitrogens is 1. The molecule has 0 radical (unpaired) electrons. The van der Waals surface area contributed by atoms with Crippen molar-refractivity contribution in [1.29, 1.82) is 0 Å². The number of ether oxygens (including phenoxy) is 2. The van der Waals surface area contributed by atoms with Crippen LogP contribution in [0.4, 0.5) is 0 Å². The summed E-state index contributed by atoms with van der Waals surface area (Å²) >= 11 is 6.17. The Kier molecular flexibility index (Phi) is 12.0. The fourth-order valence-electron chi connectivity index (χ4n) is 7.29. The quantitative estimate of drug-likeness (QED) is 0.228. The number of benzene rings is 2. The maximum absolute atomic E-state index is 14.1. The van der Waals surface area contributed by atoms with Crippen molar-refractivity contribution >= 4 is 46.1 Å². The van der Waals surface area contributed by atoms with Gasteiger partial charge in [0, 0.05) is 60.9 Å². The molecule has 0 bridgehead atoms. The molecule has 4 atom stereocenters. The third kappa shape index (κ3) is 8.54. The summed E-state index contributed by atoms with van der Waals surface area (Å²) in [5, 5.41) is 7.24. The zero-order valence-electron chi connectivity index (χ0n) is 29.9. The number of aromatic amines is 1. The lowest BCUT2D eigenvalue weighted by atomic mass is 9.79. The average Bonchev–Trinajstić information content (AvgIpc) is 3.70. The third-order valence-corrected chi connectivity index (χ3v) is 10.1. The van der Waals surface area contributed by atoms with Crippen molar-refractivity contribution in [2.24, 2.45) is 23.7 Å². The van der Waals surface area contributed by atoms with Gasteiger partial charge in [0.1, 0.15) is 6.04 Å². The van der Waals surface area contributed by atoms with Crippen LogP contribution in [0, 0.1) is 23.7 Å². The van der Waals surface area contributed by atoms with Crippen molar-refractivity contribution in [3.8, 4) is 11.5 Å². The maximum Gasteiger partial charge on any atom is 0.254 e. The summed E-state index contributed by atoms with van der Waals surface area (Å²) in [6.45, 7) is 9.47. The first-order valence-electron chi connectivity index (χ1n) is 17.6. The number of halogens is 1. The van der Waals surface area contributed by atoms with Crippen LogP contribution in [0.1, 0.15) is 62.9 Å². The normalized spacial score (nSPS) is 19.4. The Labute approximate surface area is 299 Å². The van der Waals surface area contributed by atoms with E-state index in [-0.39, 0.29) is 54.5 Å². The number of methoxy groups -OCH3 is 1. The number of hydrogen-bond acceptors (Lipinski definition) is 6. The summed E-state index contributed by atoms with van der Waals surface area (Å²) in [6.07, 6.45) is 4.15. The summed E-state index contributed by atoms with van der Waals surface area (Å²) < 4.78 is 11.4. The molecule has 12 heteroatoms. The molecule has 2 aromatic carbocycles. The number of aromatic nitrogens is 1. The van der Waals surface area contributed by atoms with E-state index in [0.717, 1.165) is 29.3 Å². The smallest absolute Gasteiger partial charge is 0.254 e. The molecular formula is C38H50ClN5O6. The number of rotatable bonds is 13. The Morgan fingerprint density at radius 3 is 2.42 bits per heavy atom. The minimum Gasteiger partial charge on any atom is -0.493 e. The predicted molar refractivity (Wildman–Crippen MR) is 193 cm³/mol. The second kappa shape index (κ2) is 16.2. The molecule has 270 valence electrons. The first kappa shape index (κ1) is 37.0. The van der Waals surface area contributed by atoms with Crippen LogP contribution in [-0.2, 0) is 20.8 Å². The Morgan fingerprint density at radius 2 is 1.72 bits per heavy atom. The fraction of sp³-hybridized carbons (Fsp3) is 0.526. The molecule has 2 aliphatic rings. The average molecular weight is 708 g/mol. The number of carbonyl (C=O) groups excluding carboxylic acids is 4. The highest BCUT2D eigenvalue weighted by atomic mass is 35.5. The molecule has 2 aliphatic heterocycles. The molecular weight excluding hydrogens is 658 g/mol. The Balaban J connectivity index is 1.38. The molecule has 0 spiro atoms. The molecule has 50 heavy (non-hydrogen) atoms. The van der Waals surface area contributed by atoms with Crippen molar-refractivity contribution in [2.45, 2.75) is 65.5 Å². The van der Waals surface area contributed by atoms with Crippen LogP contribution in [0.2, 0.25) is 5.02 Å². The van der Waals surface area contributed by atoms with Crippen molar-refractivity contribution in [2.75, 3.05) is 40.3 Å². The van der Waals surface area contributed by atoms with E-state index in [0.29, 0.717) is 54.1 Å². The van der Waals surface area contributed by atoms with Crippen molar-refractivity contribution in [3.63, 3.8) is 0 Å². The number of piperidine rings is 1. The van der Waals surface area contributed by atoms with Gasteiger partial charge in [0.05, 0.1) is 25.6 Å². The van der Waals surface area contributed by atoms with E-state index in [1.54, 1.807) is 41.1 Å². The van der Waals surface area contributed by atoms with Gasteiger partial charge in [0.2, 0.25) is 17.7 Å². The molecule has 0 saturated carbocycles. The van der Waals surface area contributed by atoms with Gasteiger partial charge in [-0.25, -0.2) is 0 Å². The lowest BCUT2D eigenvalue weighted by molar-refractivity contribution is -0.140. The number of nitrogens with one attached hydrogen (secondary N) is 3. The van der Waals surface area contributed by atoms with Crippen LogP contribution < -0.4 is 20.1 Å². The van der Waals surface area contributed by atoms with Gasteiger partial charge >= 0.3 is 0 Å². The van der Waals surface area contributed by atoms with Crippen LogP contribution >= 0.6 is 11.6 Å². The highest BCUT2D eigenvalue weighted by molar-refractivity contribution is 6.31. The van der Waals surface area contributed by atoms with Gasteiger partial charge in [-0.15, -0.1) is 0 Å². The summed E-state index contributed by atoms with van der Waals surface area (Å²) in [4.78, 5) is 61.5. The monoisotopic (exact) mass is 707 g/mol. The highest BCUT2D eigenvalue weighted by Crippen LogP contribution is 2.38. The molecule has 2 saturated heterocycles. The van der Waals surface area contributed by atoms with Gasteiger partial charge < -0.3 is 34.9 Å². The SMILES string of the molecule is CNC(=O)[C@@H](CCCC(C)C)NC(=O)C1CN(C(=O)Cc2c[nH]c3cc(Cl)ccc23)CC2CN(C(=O)c3ccc(OC(C)C)c(OC)c3)CC21. The number of likely N-dealkylation sites (N-methyl/N-ethyl adjacent to an activating group) is 1. The number of amides is 4. The van der Waals surface area contributed by atoms with Crippen molar-refractivity contribution < 1.29 is 28.7 Å². The Morgan fingerprint density at radius 1 is 0.960 bits per heavy atom. The molecule has 3 N–H and O–H groups in total. The molecule has 4 amide bonds. The molecule has 2 fully saturated rings. The Bertz CT molecular complexity index is 1710. The highest BCUT2D eigenvalue weighted by Gasteiger charge is 2.48. The van der Waals surface area contributed by atoms with E-state index < -0.39 is 12.0 Å². The summed E-state index contributed by atoms with van der Waals surface area (Å²) in [5.41, 5.74) is 2.14. The molecule has 3 heterocycles. The largest absolute Gasteiger partial charge is 0.493 e. The number of nitrogens with zero attached hydrogens (tertiary/aromatic N) is 2. The minimum atomic E-state index is -0.688. The topological polar surface area (TPSA) is 133 Å². The van der Waals surface area contributed by atoms with E-state index in [9.17, 15) is 19.2 Å². The molecule has 3 unspecified atom stereocenters. The van der Waals surface area contributed by atoms with E-state index in [1.165, 1.54) is 7.11 Å². The summed E-state index contributed by atoms with van der Waals surface area (Å²) in [5.74, 6) is -0.232. The summed E-state index contributed by atoms with van der Waals surface area (Å²) in [6, 6.07) is 9.98. The standard InChI is InChI=1S/C38H50ClN5O6/c1-22(2)8-7-9-31(37(47)40-5)42-36(46)30-21-43(35(45)15-25-17-41-32-16-27(39)11-12-28(25)32)18-26-19-44(20-29(26)30)38(48)24-10-13-33(50-23(3)4)34(14-24)49-6/h10-14,16-17,22-23,26,29-31,41H,7-9,15,18-21H2,1-6H3,(H,40,47)(H,42,46)/t26?,29?,30?,31-/m1/s1. The van der Waals surface area contributed by atoms with Gasteiger partial charge in [0.15, 0.2) is 11.5 Å².